The molecule has 1 aliphatic rings. The second kappa shape index (κ2) is 6.59. The summed E-state index contributed by atoms with van der Waals surface area (Å²) in [4.78, 5) is 0. The number of ether oxygens (including phenoxy) is 1. The van der Waals surface area contributed by atoms with E-state index in [1.165, 1.54) is 19.3 Å². The molecule has 1 aliphatic carbocycles. The predicted molar refractivity (Wildman–Crippen MR) is 60.9 cm³/mol. The highest BCUT2D eigenvalue weighted by Crippen LogP contribution is 2.24. The Morgan fingerprint density at radius 1 is 1.29 bits per heavy atom. The summed E-state index contributed by atoms with van der Waals surface area (Å²) in [6, 6.07) is 0.438. The zero-order valence-electron chi connectivity index (χ0n) is 10.5. The third-order valence-electron chi connectivity index (χ3n) is 3.45. The monoisotopic (exact) mass is 253 g/mol. The van der Waals surface area contributed by atoms with Crippen molar-refractivity contribution in [3.05, 3.63) is 0 Å². The number of rotatable bonds is 5. The van der Waals surface area contributed by atoms with Gasteiger partial charge in [-0.2, -0.15) is 13.2 Å². The van der Waals surface area contributed by atoms with E-state index in [9.17, 15) is 13.2 Å². The van der Waals surface area contributed by atoms with E-state index in [2.05, 4.69) is 12.2 Å². The molecule has 17 heavy (non-hydrogen) atoms. The maximum atomic E-state index is 12.1. The Bertz CT molecular complexity index is 220. The van der Waals surface area contributed by atoms with Crippen molar-refractivity contribution in [2.45, 2.75) is 57.9 Å². The van der Waals surface area contributed by atoms with Gasteiger partial charge >= 0.3 is 6.18 Å². The molecular formula is C12H22F3NO. The molecule has 0 aromatic carbocycles. The van der Waals surface area contributed by atoms with E-state index in [-0.39, 0.29) is 6.61 Å². The average Bonchev–Trinajstić information content (AvgIpc) is 2.25. The van der Waals surface area contributed by atoms with Gasteiger partial charge in [0.2, 0.25) is 0 Å². The van der Waals surface area contributed by atoms with Gasteiger partial charge in [0.15, 0.2) is 6.10 Å². The van der Waals surface area contributed by atoms with E-state index >= 15 is 0 Å². The lowest BCUT2D eigenvalue weighted by Crippen LogP contribution is -2.40. The summed E-state index contributed by atoms with van der Waals surface area (Å²) < 4.78 is 41.2. The molecule has 1 N–H and O–H groups in total. The van der Waals surface area contributed by atoms with Crippen molar-refractivity contribution < 1.29 is 17.9 Å². The number of nitrogens with one attached hydrogen (secondary N) is 1. The van der Waals surface area contributed by atoms with Crippen LogP contribution in [0.15, 0.2) is 0 Å². The molecule has 3 atom stereocenters. The Balaban J connectivity index is 2.11. The molecule has 0 bridgehead atoms. The number of hydrogen-bond acceptors (Lipinski definition) is 2. The van der Waals surface area contributed by atoms with Crippen molar-refractivity contribution in [3.63, 3.8) is 0 Å². The van der Waals surface area contributed by atoms with Crippen LogP contribution in [0.2, 0.25) is 0 Å². The summed E-state index contributed by atoms with van der Waals surface area (Å²) in [5.74, 6) is 0.615. The van der Waals surface area contributed by atoms with Gasteiger partial charge in [-0.1, -0.05) is 19.8 Å². The Morgan fingerprint density at radius 3 is 2.53 bits per heavy atom. The Morgan fingerprint density at radius 2 is 1.94 bits per heavy atom. The van der Waals surface area contributed by atoms with Crippen LogP contribution in [-0.2, 0) is 4.74 Å². The van der Waals surface area contributed by atoms with Crippen molar-refractivity contribution in [2.24, 2.45) is 5.92 Å². The summed E-state index contributed by atoms with van der Waals surface area (Å²) in [6.45, 7) is 3.85. The van der Waals surface area contributed by atoms with E-state index in [1.807, 2.05) is 0 Å². The van der Waals surface area contributed by atoms with Crippen LogP contribution >= 0.6 is 0 Å². The number of hydrogen-bond donors (Lipinski definition) is 1. The fraction of sp³-hybridized carbons (Fsp3) is 1.00. The molecular weight excluding hydrogens is 231 g/mol. The Labute approximate surface area is 101 Å². The second-order valence-corrected chi connectivity index (χ2v) is 4.88. The first-order chi connectivity index (χ1) is 7.91. The maximum absolute atomic E-state index is 12.1. The molecule has 5 heteroatoms. The largest absolute Gasteiger partial charge is 0.414 e. The van der Waals surface area contributed by atoms with Crippen LogP contribution in [0.4, 0.5) is 13.2 Å². The van der Waals surface area contributed by atoms with Crippen molar-refractivity contribution >= 4 is 0 Å². The molecule has 0 heterocycles. The minimum atomic E-state index is -4.25. The lowest BCUT2D eigenvalue weighted by molar-refractivity contribution is -0.213. The number of alkyl halides is 3. The summed E-state index contributed by atoms with van der Waals surface area (Å²) >= 11 is 0. The molecule has 3 unspecified atom stereocenters. The maximum Gasteiger partial charge on any atom is 0.414 e. The highest BCUT2D eigenvalue weighted by molar-refractivity contribution is 4.77. The molecule has 1 saturated carbocycles. The fourth-order valence-electron chi connectivity index (χ4n) is 2.19. The second-order valence-electron chi connectivity index (χ2n) is 4.88. The first-order valence-electron chi connectivity index (χ1n) is 6.33. The Kier molecular flexibility index (Phi) is 5.73. The van der Waals surface area contributed by atoms with Gasteiger partial charge in [-0.3, -0.25) is 0 Å². The van der Waals surface area contributed by atoms with Gasteiger partial charge in [0.1, 0.15) is 0 Å². The van der Waals surface area contributed by atoms with Gasteiger partial charge in [-0.25, -0.2) is 0 Å². The minimum absolute atomic E-state index is 0.115. The van der Waals surface area contributed by atoms with E-state index in [4.69, 9.17) is 4.74 Å². The summed E-state index contributed by atoms with van der Waals surface area (Å²) in [7, 11) is 0. The molecule has 102 valence electrons. The highest BCUT2D eigenvalue weighted by atomic mass is 19.4. The fourth-order valence-corrected chi connectivity index (χ4v) is 2.19. The zero-order valence-corrected chi connectivity index (χ0v) is 10.5. The minimum Gasteiger partial charge on any atom is -0.368 e. The van der Waals surface area contributed by atoms with Crippen LogP contribution < -0.4 is 5.32 Å². The van der Waals surface area contributed by atoms with Gasteiger partial charge in [-0.05, 0) is 25.7 Å². The molecule has 0 aromatic rings. The third kappa shape index (κ3) is 5.25. The first kappa shape index (κ1) is 14.8. The molecule has 0 saturated heterocycles. The van der Waals surface area contributed by atoms with Gasteiger partial charge in [0.05, 0.1) is 6.61 Å². The van der Waals surface area contributed by atoms with E-state index in [1.54, 1.807) is 0 Å². The van der Waals surface area contributed by atoms with Crippen LogP contribution in [-0.4, -0.2) is 31.5 Å². The molecule has 0 radical (unpaired) electrons. The molecule has 0 amide bonds. The lowest BCUT2D eigenvalue weighted by atomic mass is 9.86. The topological polar surface area (TPSA) is 21.3 Å². The van der Waals surface area contributed by atoms with Crippen molar-refractivity contribution in [1.82, 2.24) is 5.32 Å². The molecule has 0 aliphatic heterocycles. The predicted octanol–water partition coefficient (Wildman–Crippen LogP) is 3.12. The van der Waals surface area contributed by atoms with Crippen molar-refractivity contribution in [3.8, 4) is 0 Å². The average molecular weight is 253 g/mol. The van der Waals surface area contributed by atoms with Gasteiger partial charge < -0.3 is 10.1 Å². The third-order valence-corrected chi connectivity index (χ3v) is 3.45. The van der Waals surface area contributed by atoms with E-state index in [0.717, 1.165) is 13.3 Å². The van der Waals surface area contributed by atoms with Crippen LogP contribution in [0.5, 0.6) is 0 Å². The standard InChI is InChI=1S/C12H22F3NO/c1-9-5-3-4-6-11(9)16-7-8-17-10(2)12(13,14)15/h9-11,16H,3-8H2,1-2H3. The first-order valence-corrected chi connectivity index (χ1v) is 6.33. The van der Waals surface area contributed by atoms with Gasteiger partial charge in [0, 0.05) is 12.6 Å². The van der Waals surface area contributed by atoms with E-state index < -0.39 is 12.3 Å². The summed E-state index contributed by atoms with van der Waals surface area (Å²) in [5.41, 5.74) is 0. The molecule has 0 spiro atoms. The smallest absolute Gasteiger partial charge is 0.368 e. The SMILES string of the molecule is CC1CCCCC1NCCOC(C)C(F)(F)F. The van der Waals surface area contributed by atoms with Crippen LogP contribution in [0.3, 0.4) is 0 Å². The lowest BCUT2D eigenvalue weighted by Gasteiger charge is -2.29. The summed E-state index contributed by atoms with van der Waals surface area (Å²) in [6.07, 6.45) is -1.12. The quantitative estimate of drug-likeness (QED) is 0.760. The normalized spacial score (nSPS) is 28.1. The summed E-state index contributed by atoms with van der Waals surface area (Å²) in [5, 5.41) is 3.29. The van der Waals surface area contributed by atoms with Crippen LogP contribution in [0, 0.1) is 5.92 Å². The molecule has 1 fully saturated rings. The number of halogens is 3. The van der Waals surface area contributed by atoms with Crippen LogP contribution in [0.25, 0.3) is 0 Å². The molecule has 2 nitrogen and oxygen atoms in total. The van der Waals surface area contributed by atoms with Crippen molar-refractivity contribution in [2.75, 3.05) is 13.2 Å². The Hall–Kier alpha value is -0.290. The van der Waals surface area contributed by atoms with Gasteiger partial charge in [-0.15, -0.1) is 0 Å². The van der Waals surface area contributed by atoms with E-state index in [0.29, 0.717) is 18.5 Å². The van der Waals surface area contributed by atoms with Crippen LogP contribution in [0.1, 0.15) is 39.5 Å². The van der Waals surface area contributed by atoms with Crippen molar-refractivity contribution in [1.29, 1.82) is 0 Å². The molecule has 1 rings (SSSR count). The zero-order chi connectivity index (χ0) is 12.9. The molecule has 0 aromatic heterocycles. The van der Waals surface area contributed by atoms with Gasteiger partial charge in [0.25, 0.3) is 0 Å². The highest BCUT2D eigenvalue weighted by Gasteiger charge is 2.36.